The highest BCUT2D eigenvalue weighted by atomic mass is 35.5. The van der Waals surface area contributed by atoms with Gasteiger partial charge in [-0.1, -0.05) is 11.6 Å². The lowest BCUT2D eigenvalue weighted by molar-refractivity contribution is 0.0723. The van der Waals surface area contributed by atoms with Gasteiger partial charge in [-0.05, 0) is 56.9 Å². The fourth-order valence-corrected chi connectivity index (χ4v) is 3.60. The first-order valence-corrected chi connectivity index (χ1v) is 7.81. The maximum atomic E-state index is 5.86. The van der Waals surface area contributed by atoms with E-state index in [0.717, 1.165) is 24.4 Å². The molecule has 2 atom stereocenters. The third kappa shape index (κ3) is 2.61. The molecule has 0 aromatic heterocycles. The van der Waals surface area contributed by atoms with Gasteiger partial charge >= 0.3 is 0 Å². The Morgan fingerprint density at radius 3 is 2.67 bits per heavy atom. The molecule has 0 radical (unpaired) electrons. The van der Waals surface area contributed by atoms with Crippen LogP contribution in [0.3, 0.4) is 0 Å². The molecule has 2 nitrogen and oxygen atoms in total. The molecule has 0 spiro atoms. The first-order valence-electron chi connectivity index (χ1n) is 7.37. The molecular weight excluding hydrogens is 244 g/mol. The highest BCUT2D eigenvalue weighted by Crippen LogP contribution is 2.44. The van der Waals surface area contributed by atoms with Crippen LogP contribution in [0.5, 0.6) is 0 Å². The topological polar surface area (TPSA) is 15.3 Å². The average Bonchev–Trinajstić information content (AvgIpc) is 3.17. The molecule has 3 fully saturated rings. The quantitative estimate of drug-likeness (QED) is 0.843. The van der Waals surface area contributed by atoms with Gasteiger partial charge in [0.25, 0.3) is 0 Å². The van der Waals surface area contributed by atoms with E-state index in [4.69, 9.17) is 11.6 Å². The molecule has 2 aliphatic carbocycles. The molecule has 1 N–H and O–H groups in total. The zero-order valence-electron chi connectivity index (χ0n) is 11.6. The van der Waals surface area contributed by atoms with E-state index in [1.165, 1.54) is 44.3 Å². The smallest absolute Gasteiger partial charge is 0.0309 e. The lowest BCUT2D eigenvalue weighted by Gasteiger charge is -2.47. The molecule has 102 valence electrons. The van der Waals surface area contributed by atoms with Crippen LogP contribution in [0.1, 0.15) is 39.5 Å². The van der Waals surface area contributed by atoms with E-state index in [9.17, 15) is 0 Å². The zero-order chi connectivity index (χ0) is 12.8. The van der Waals surface area contributed by atoms with E-state index in [1.807, 2.05) is 0 Å². The number of rotatable bonds is 4. The van der Waals surface area contributed by atoms with E-state index in [0.29, 0.717) is 5.54 Å². The number of hydrogen-bond acceptors (Lipinski definition) is 2. The number of nitrogens with zero attached hydrogens (tertiary/aromatic N) is 1. The average molecular weight is 269 g/mol. The van der Waals surface area contributed by atoms with Gasteiger partial charge in [0.1, 0.15) is 0 Å². The Labute approximate surface area is 116 Å². The van der Waals surface area contributed by atoms with Crippen molar-refractivity contribution < 1.29 is 0 Å². The van der Waals surface area contributed by atoms with Gasteiger partial charge in [-0.2, -0.15) is 0 Å². The molecule has 2 unspecified atom stereocenters. The van der Waals surface area contributed by atoms with Gasteiger partial charge in [-0.25, -0.2) is 0 Å². The van der Waals surface area contributed by atoms with Crippen molar-refractivity contribution in [2.75, 3.05) is 19.6 Å². The third-order valence-corrected chi connectivity index (χ3v) is 5.37. The van der Waals surface area contributed by atoms with Crippen LogP contribution in [0.4, 0.5) is 0 Å². The van der Waals surface area contributed by atoms with Gasteiger partial charge in [0.15, 0.2) is 0 Å². The molecule has 0 bridgehead atoms. The summed E-state index contributed by atoms with van der Waals surface area (Å²) in [5.41, 5.74) is 3.39. The second kappa shape index (κ2) is 4.81. The van der Waals surface area contributed by atoms with Crippen molar-refractivity contribution in [2.24, 2.45) is 11.8 Å². The van der Waals surface area contributed by atoms with Gasteiger partial charge in [-0.15, -0.1) is 0 Å². The number of hydrogen-bond donors (Lipinski definition) is 1. The van der Waals surface area contributed by atoms with Crippen molar-refractivity contribution in [3.05, 3.63) is 11.1 Å². The van der Waals surface area contributed by atoms with Gasteiger partial charge in [0.2, 0.25) is 0 Å². The molecule has 0 amide bonds. The highest BCUT2D eigenvalue weighted by molar-refractivity contribution is 6.25. The summed E-state index contributed by atoms with van der Waals surface area (Å²) < 4.78 is 0. The summed E-state index contributed by atoms with van der Waals surface area (Å²) in [5, 5.41) is 3.86. The van der Waals surface area contributed by atoms with Crippen LogP contribution in [-0.2, 0) is 0 Å². The molecule has 3 rings (SSSR count). The summed E-state index contributed by atoms with van der Waals surface area (Å²) in [6.07, 6.45) is 5.67. The number of nitrogens with one attached hydrogen (secondary N) is 1. The van der Waals surface area contributed by atoms with E-state index in [-0.39, 0.29) is 0 Å². The van der Waals surface area contributed by atoms with Crippen molar-refractivity contribution in [1.29, 1.82) is 0 Å². The molecule has 0 aromatic carbocycles. The second-order valence-corrected chi connectivity index (χ2v) is 7.06. The van der Waals surface area contributed by atoms with E-state index < -0.39 is 0 Å². The summed E-state index contributed by atoms with van der Waals surface area (Å²) >= 11 is 5.86. The van der Waals surface area contributed by atoms with Crippen LogP contribution in [0.15, 0.2) is 11.1 Å². The van der Waals surface area contributed by atoms with Crippen LogP contribution >= 0.6 is 11.6 Å². The molecule has 1 saturated heterocycles. The van der Waals surface area contributed by atoms with Crippen LogP contribution < -0.4 is 5.32 Å². The van der Waals surface area contributed by atoms with Gasteiger partial charge < -0.3 is 5.32 Å². The minimum atomic E-state index is 0.345. The minimum Gasteiger partial charge on any atom is -0.308 e. The summed E-state index contributed by atoms with van der Waals surface area (Å²) in [6, 6.07) is 0.739. The normalized spacial score (nSPS) is 39.1. The Morgan fingerprint density at radius 1 is 1.39 bits per heavy atom. The molecule has 3 aliphatic rings. The molecule has 1 heterocycles. The maximum absolute atomic E-state index is 5.86. The Morgan fingerprint density at radius 2 is 2.11 bits per heavy atom. The van der Waals surface area contributed by atoms with Gasteiger partial charge in [0, 0.05) is 36.8 Å². The minimum absolute atomic E-state index is 0.345. The number of halogens is 1. The summed E-state index contributed by atoms with van der Waals surface area (Å²) in [6.45, 7) is 7.98. The summed E-state index contributed by atoms with van der Waals surface area (Å²) in [4.78, 5) is 2.70. The Hall–Kier alpha value is -0.0500. The first kappa shape index (κ1) is 13.0. The molecule has 1 aliphatic heterocycles. The van der Waals surface area contributed by atoms with E-state index in [1.54, 1.807) is 5.54 Å². The van der Waals surface area contributed by atoms with Crippen LogP contribution in [-0.4, -0.2) is 36.1 Å². The van der Waals surface area contributed by atoms with E-state index >= 15 is 0 Å². The van der Waals surface area contributed by atoms with Gasteiger partial charge in [-0.3, -0.25) is 4.90 Å². The Bertz CT molecular complexity index is 346. The third-order valence-electron chi connectivity index (χ3n) is 5.00. The molecule has 0 aromatic rings. The first-order chi connectivity index (χ1) is 8.62. The monoisotopic (exact) mass is 268 g/mol. The maximum Gasteiger partial charge on any atom is 0.0309 e. The van der Waals surface area contributed by atoms with Crippen LogP contribution in [0.2, 0.25) is 0 Å². The van der Waals surface area contributed by atoms with Crippen LogP contribution in [0, 0.1) is 11.8 Å². The lowest BCUT2D eigenvalue weighted by atomic mass is 9.89. The summed E-state index contributed by atoms with van der Waals surface area (Å²) in [7, 11) is 0. The van der Waals surface area contributed by atoms with Crippen molar-refractivity contribution >= 4 is 11.6 Å². The largest absolute Gasteiger partial charge is 0.308 e. The van der Waals surface area contributed by atoms with Crippen molar-refractivity contribution in [1.82, 2.24) is 10.2 Å². The fraction of sp³-hybridized carbons (Fsp3) is 0.867. The lowest BCUT2D eigenvalue weighted by Crippen LogP contribution is -2.64. The predicted octanol–water partition coefficient (Wildman–Crippen LogP) is 2.98. The highest BCUT2D eigenvalue weighted by Gasteiger charge is 2.48. The SMILES string of the molecule is CC(=CCl)CN1CC(C)(C2CC2)NCC1C1CC1. The van der Waals surface area contributed by atoms with E-state index in [2.05, 4.69) is 24.1 Å². The molecule has 18 heavy (non-hydrogen) atoms. The Kier molecular flexibility index (Phi) is 3.46. The van der Waals surface area contributed by atoms with Crippen LogP contribution in [0.25, 0.3) is 0 Å². The Balaban J connectivity index is 1.70. The summed E-state index contributed by atoms with van der Waals surface area (Å²) in [5.74, 6) is 1.84. The number of piperazine rings is 1. The zero-order valence-corrected chi connectivity index (χ0v) is 12.3. The second-order valence-electron chi connectivity index (χ2n) is 6.84. The standard InChI is InChI=1S/C15H25ClN2/c1-11(7-16)9-18-10-15(2,13-5-6-13)17-8-14(18)12-3-4-12/h7,12-14,17H,3-6,8-10H2,1-2H3. The van der Waals surface area contributed by atoms with Crippen molar-refractivity contribution in [2.45, 2.75) is 51.1 Å². The van der Waals surface area contributed by atoms with Crippen molar-refractivity contribution in [3.63, 3.8) is 0 Å². The predicted molar refractivity (Wildman–Crippen MR) is 76.8 cm³/mol. The van der Waals surface area contributed by atoms with Gasteiger partial charge in [0.05, 0.1) is 0 Å². The molecule has 2 saturated carbocycles. The van der Waals surface area contributed by atoms with Crippen molar-refractivity contribution in [3.8, 4) is 0 Å². The molecular formula is C15H25ClN2. The molecule has 3 heteroatoms. The fourth-order valence-electron chi connectivity index (χ4n) is 3.53.